The molecular weight excluding hydrogens is 266 g/mol. The molecule has 0 heterocycles. The van der Waals surface area contributed by atoms with Crippen LogP contribution in [0.15, 0.2) is 24.3 Å². The molecule has 0 bridgehead atoms. The van der Waals surface area contributed by atoms with Crippen molar-refractivity contribution in [3.63, 3.8) is 0 Å². The van der Waals surface area contributed by atoms with E-state index in [9.17, 15) is 4.79 Å². The van der Waals surface area contributed by atoms with Gasteiger partial charge in [-0.3, -0.25) is 4.79 Å². The quantitative estimate of drug-likeness (QED) is 0.596. The fourth-order valence-electron chi connectivity index (χ4n) is 1.85. The summed E-state index contributed by atoms with van der Waals surface area (Å²) in [5.41, 5.74) is 1.95. The van der Waals surface area contributed by atoms with Crippen LogP contribution in [-0.2, 0) is 9.53 Å². The molecule has 4 nitrogen and oxygen atoms in total. The van der Waals surface area contributed by atoms with Gasteiger partial charge < -0.3 is 15.2 Å². The van der Waals surface area contributed by atoms with Crippen molar-refractivity contribution < 1.29 is 14.6 Å². The zero-order valence-corrected chi connectivity index (χ0v) is 12.7. The maximum absolute atomic E-state index is 11.7. The summed E-state index contributed by atoms with van der Waals surface area (Å²) < 4.78 is 4.93. The van der Waals surface area contributed by atoms with Gasteiger partial charge in [-0.1, -0.05) is 24.0 Å². The first-order valence-electron chi connectivity index (χ1n) is 7.15. The summed E-state index contributed by atoms with van der Waals surface area (Å²) in [6.07, 6.45) is 1.69. The zero-order chi connectivity index (χ0) is 15.5. The number of carbonyl (C=O) groups excluding carboxylic acids is 1. The van der Waals surface area contributed by atoms with Gasteiger partial charge in [0, 0.05) is 32.1 Å². The molecule has 1 unspecified atom stereocenters. The number of nitrogens with one attached hydrogen (secondary N) is 1. The third-order valence-electron chi connectivity index (χ3n) is 3.01. The molecule has 0 saturated carbocycles. The van der Waals surface area contributed by atoms with E-state index in [0.29, 0.717) is 19.4 Å². The average Bonchev–Trinajstić information content (AvgIpc) is 2.48. The number of methoxy groups -OCH3 is 1. The lowest BCUT2D eigenvalue weighted by Crippen LogP contribution is -2.26. The minimum Gasteiger partial charge on any atom is -0.395 e. The molecule has 1 aromatic carbocycles. The lowest BCUT2D eigenvalue weighted by atomic mass is 10.1. The first-order valence-corrected chi connectivity index (χ1v) is 7.15. The molecule has 1 aromatic rings. The number of aliphatic hydroxyl groups excluding tert-OH is 1. The number of hydrogen-bond acceptors (Lipinski definition) is 3. The Hall–Kier alpha value is -1.83. The number of amides is 1. The van der Waals surface area contributed by atoms with Crippen LogP contribution in [0.3, 0.4) is 0 Å². The Bertz CT molecular complexity index is 485. The molecule has 1 rings (SSSR count). The van der Waals surface area contributed by atoms with E-state index in [2.05, 4.69) is 17.2 Å². The maximum Gasteiger partial charge on any atom is 0.220 e. The fourth-order valence-corrected chi connectivity index (χ4v) is 1.85. The van der Waals surface area contributed by atoms with Crippen molar-refractivity contribution >= 4 is 5.91 Å². The standard InChI is InChI=1S/C17H23NO3/c1-14(18-17(20)7-5-13-21-2)16-10-8-15(9-11-16)6-3-4-12-19/h8-11,14,19H,4-5,7,12-13H2,1-2H3,(H,18,20). The van der Waals surface area contributed by atoms with E-state index in [1.54, 1.807) is 7.11 Å². The molecule has 0 aromatic heterocycles. The molecule has 0 fully saturated rings. The predicted octanol–water partition coefficient (Wildman–Crippen LogP) is 2.02. The largest absolute Gasteiger partial charge is 0.395 e. The Morgan fingerprint density at radius 1 is 1.38 bits per heavy atom. The Labute approximate surface area is 126 Å². The second-order valence-electron chi connectivity index (χ2n) is 4.78. The van der Waals surface area contributed by atoms with Gasteiger partial charge in [0.25, 0.3) is 0 Å². The highest BCUT2D eigenvalue weighted by Gasteiger charge is 2.08. The third kappa shape index (κ3) is 6.94. The molecular formula is C17H23NO3. The molecule has 0 spiro atoms. The van der Waals surface area contributed by atoms with Crippen LogP contribution in [0.5, 0.6) is 0 Å². The van der Waals surface area contributed by atoms with Crippen molar-refractivity contribution in [1.82, 2.24) is 5.32 Å². The molecule has 0 aliphatic rings. The van der Waals surface area contributed by atoms with Crippen molar-refractivity contribution in [3.05, 3.63) is 35.4 Å². The van der Waals surface area contributed by atoms with Crippen LogP contribution in [0, 0.1) is 11.8 Å². The van der Waals surface area contributed by atoms with E-state index in [1.807, 2.05) is 31.2 Å². The van der Waals surface area contributed by atoms with E-state index in [1.165, 1.54) is 0 Å². The SMILES string of the molecule is COCCCC(=O)NC(C)c1ccc(C#CCCO)cc1. The van der Waals surface area contributed by atoms with E-state index >= 15 is 0 Å². The van der Waals surface area contributed by atoms with Gasteiger partial charge in [-0.05, 0) is 31.0 Å². The lowest BCUT2D eigenvalue weighted by molar-refractivity contribution is -0.122. The van der Waals surface area contributed by atoms with Gasteiger partial charge in [-0.25, -0.2) is 0 Å². The van der Waals surface area contributed by atoms with Crippen LogP contribution in [0.1, 0.15) is 43.4 Å². The van der Waals surface area contributed by atoms with Crippen molar-refractivity contribution in [2.45, 2.75) is 32.2 Å². The van der Waals surface area contributed by atoms with Gasteiger partial charge in [-0.2, -0.15) is 0 Å². The molecule has 0 radical (unpaired) electrons. The molecule has 2 N–H and O–H groups in total. The Morgan fingerprint density at radius 2 is 2.10 bits per heavy atom. The molecule has 114 valence electrons. The van der Waals surface area contributed by atoms with Crippen molar-refractivity contribution in [2.24, 2.45) is 0 Å². The Morgan fingerprint density at radius 3 is 2.71 bits per heavy atom. The number of ether oxygens (including phenoxy) is 1. The van der Waals surface area contributed by atoms with Gasteiger partial charge in [0.1, 0.15) is 0 Å². The molecule has 1 amide bonds. The maximum atomic E-state index is 11.7. The highest BCUT2D eigenvalue weighted by atomic mass is 16.5. The van der Waals surface area contributed by atoms with Gasteiger partial charge in [0.2, 0.25) is 5.91 Å². The monoisotopic (exact) mass is 289 g/mol. The van der Waals surface area contributed by atoms with E-state index < -0.39 is 0 Å². The van der Waals surface area contributed by atoms with E-state index in [4.69, 9.17) is 9.84 Å². The zero-order valence-electron chi connectivity index (χ0n) is 12.7. The summed E-state index contributed by atoms with van der Waals surface area (Å²) in [5.74, 6) is 5.89. The van der Waals surface area contributed by atoms with Crippen LogP contribution in [-0.4, -0.2) is 31.3 Å². The lowest BCUT2D eigenvalue weighted by Gasteiger charge is -2.14. The van der Waals surface area contributed by atoms with E-state index in [0.717, 1.165) is 17.5 Å². The number of hydrogen-bond donors (Lipinski definition) is 2. The Balaban J connectivity index is 2.49. The van der Waals surface area contributed by atoms with Gasteiger partial charge in [0.15, 0.2) is 0 Å². The topological polar surface area (TPSA) is 58.6 Å². The minimum absolute atomic E-state index is 0.0282. The second-order valence-corrected chi connectivity index (χ2v) is 4.78. The smallest absolute Gasteiger partial charge is 0.220 e. The van der Waals surface area contributed by atoms with Crippen LogP contribution in [0.25, 0.3) is 0 Å². The molecule has 21 heavy (non-hydrogen) atoms. The molecule has 0 saturated heterocycles. The molecule has 4 heteroatoms. The number of aliphatic hydroxyl groups is 1. The first kappa shape index (κ1) is 17.2. The molecule has 0 aliphatic heterocycles. The van der Waals surface area contributed by atoms with Crippen molar-refractivity contribution in [1.29, 1.82) is 0 Å². The third-order valence-corrected chi connectivity index (χ3v) is 3.01. The highest BCUT2D eigenvalue weighted by Crippen LogP contribution is 2.13. The van der Waals surface area contributed by atoms with Gasteiger partial charge >= 0.3 is 0 Å². The number of benzene rings is 1. The van der Waals surface area contributed by atoms with Crippen LogP contribution >= 0.6 is 0 Å². The van der Waals surface area contributed by atoms with Gasteiger partial charge in [0.05, 0.1) is 12.6 Å². The van der Waals surface area contributed by atoms with E-state index in [-0.39, 0.29) is 18.6 Å². The summed E-state index contributed by atoms with van der Waals surface area (Å²) in [7, 11) is 1.63. The van der Waals surface area contributed by atoms with Crippen molar-refractivity contribution in [3.8, 4) is 11.8 Å². The van der Waals surface area contributed by atoms with Crippen molar-refractivity contribution in [2.75, 3.05) is 20.3 Å². The highest BCUT2D eigenvalue weighted by molar-refractivity contribution is 5.76. The first-order chi connectivity index (χ1) is 10.2. The predicted molar refractivity (Wildman–Crippen MR) is 82.7 cm³/mol. The summed E-state index contributed by atoms with van der Waals surface area (Å²) in [6.45, 7) is 2.64. The van der Waals surface area contributed by atoms with Crippen LogP contribution in [0.2, 0.25) is 0 Å². The summed E-state index contributed by atoms with van der Waals surface area (Å²) in [5, 5.41) is 11.6. The van der Waals surface area contributed by atoms with Crippen LogP contribution < -0.4 is 5.32 Å². The molecule has 0 aliphatic carbocycles. The average molecular weight is 289 g/mol. The normalized spacial score (nSPS) is 11.4. The fraction of sp³-hybridized carbons (Fsp3) is 0.471. The summed E-state index contributed by atoms with van der Waals surface area (Å²) in [4.78, 5) is 11.7. The Kier molecular flexibility index (Phi) is 8.18. The number of carbonyl (C=O) groups is 1. The van der Waals surface area contributed by atoms with Crippen LogP contribution in [0.4, 0.5) is 0 Å². The number of rotatable bonds is 7. The second kappa shape index (κ2) is 9.98. The summed E-state index contributed by atoms with van der Waals surface area (Å²) in [6, 6.07) is 7.74. The summed E-state index contributed by atoms with van der Waals surface area (Å²) >= 11 is 0. The van der Waals surface area contributed by atoms with Gasteiger partial charge in [-0.15, -0.1) is 0 Å². The minimum atomic E-state index is -0.0282. The molecule has 1 atom stereocenters.